The lowest BCUT2D eigenvalue weighted by atomic mass is 10.0. The van der Waals surface area contributed by atoms with E-state index in [-0.39, 0.29) is 17.3 Å². The molecule has 2 heterocycles. The molecule has 0 saturated carbocycles. The lowest BCUT2D eigenvalue weighted by Gasteiger charge is -2.40. The van der Waals surface area contributed by atoms with Gasteiger partial charge in [0.05, 0.1) is 5.69 Å². The Balaban J connectivity index is 2.52. The summed E-state index contributed by atoms with van der Waals surface area (Å²) in [6.45, 7) is 3.72. The van der Waals surface area contributed by atoms with Crippen LogP contribution in [0, 0.1) is 0 Å². The average molecular weight is 298 g/mol. The van der Waals surface area contributed by atoms with E-state index in [1.165, 1.54) is 16.7 Å². The van der Waals surface area contributed by atoms with Crippen molar-refractivity contribution in [2.24, 2.45) is 0 Å². The predicted octanol–water partition coefficient (Wildman–Crippen LogP) is 0.0224. The number of pyridine rings is 1. The predicted molar refractivity (Wildman–Crippen MR) is 74.8 cm³/mol. The Morgan fingerprint density at radius 2 is 2.15 bits per heavy atom. The molecule has 7 nitrogen and oxygen atoms in total. The van der Waals surface area contributed by atoms with Crippen LogP contribution in [-0.2, 0) is 14.8 Å². The average Bonchev–Trinajstić information content (AvgIpc) is 2.41. The summed E-state index contributed by atoms with van der Waals surface area (Å²) in [5.74, 6) is -0.303. The normalized spacial score (nSPS) is 19.4. The van der Waals surface area contributed by atoms with Crippen molar-refractivity contribution < 1.29 is 13.2 Å². The summed E-state index contributed by atoms with van der Waals surface area (Å²) in [6.07, 6.45) is 2.81. The van der Waals surface area contributed by atoms with Crippen molar-refractivity contribution in [2.45, 2.75) is 24.3 Å². The lowest BCUT2D eigenvalue weighted by molar-refractivity contribution is -0.131. The molecule has 0 bridgehead atoms. The van der Waals surface area contributed by atoms with Crippen molar-refractivity contribution in [2.75, 3.05) is 25.5 Å². The van der Waals surface area contributed by atoms with Crippen molar-refractivity contribution in [3.05, 3.63) is 18.5 Å². The first kappa shape index (κ1) is 14.7. The maximum absolute atomic E-state index is 12.8. The number of nitrogens with zero attached hydrogens (tertiary/aromatic N) is 2. The molecule has 1 amide bonds. The number of anilines is 1. The zero-order valence-corrected chi connectivity index (χ0v) is 12.5. The van der Waals surface area contributed by atoms with Crippen LogP contribution in [0.25, 0.3) is 0 Å². The standard InChI is InChI=1S/C12H18N4O3S/c1-12(2)11(17)15-6-7-16(12)20(18,19)10-8-14-5-4-9(10)13-3/h4-5,8H,6-7H2,1-3H3,(H,13,14)(H,15,17). The molecule has 1 fully saturated rings. The van der Waals surface area contributed by atoms with E-state index in [4.69, 9.17) is 0 Å². The molecule has 0 unspecified atom stereocenters. The molecule has 0 aliphatic carbocycles. The monoisotopic (exact) mass is 298 g/mol. The van der Waals surface area contributed by atoms with Gasteiger partial charge in [-0.05, 0) is 19.9 Å². The highest BCUT2D eigenvalue weighted by atomic mass is 32.2. The van der Waals surface area contributed by atoms with Gasteiger partial charge in [-0.3, -0.25) is 9.78 Å². The van der Waals surface area contributed by atoms with Crippen LogP contribution in [0.4, 0.5) is 5.69 Å². The number of piperazine rings is 1. The zero-order valence-electron chi connectivity index (χ0n) is 11.7. The Labute approximate surface area is 118 Å². The van der Waals surface area contributed by atoms with Crippen molar-refractivity contribution in [1.82, 2.24) is 14.6 Å². The molecule has 0 radical (unpaired) electrons. The highest BCUT2D eigenvalue weighted by molar-refractivity contribution is 7.89. The molecule has 1 aliphatic heterocycles. The Morgan fingerprint density at radius 3 is 2.80 bits per heavy atom. The van der Waals surface area contributed by atoms with E-state index in [9.17, 15) is 13.2 Å². The van der Waals surface area contributed by atoms with Gasteiger partial charge in [-0.15, -0.1) is 0 Å². The maximum Gasteiger partial charge on any atom is 0.247 e. The molecule has 1 saturated heterocycles. The summed E-state index contributed by atoms with van der Waals surface area (Å²) in [7, 11) is -2.16. The van der Waals surface area contributed by atoms with E-state index < -0.39 is 15.6 Å². The van der Waals surface area contributed by atoms with Crippen molar-refractivity contribution in [3.8, 4) is 0 Å². The topological polar surface area (TPSA) is 91.4 Å². The number of rotatable bonds is 3. The molecule has 0 aromatic carbocycles. The van der Waals surface area contributed by atoms with Gasteiger partial charge in [-0.2, -0.15) is 4.31 Å². The molecular weight excluding hydrogens is 280 g/mol. The minimum atomic E-state index is -3.80. The molecule has 8 heteroatoms. The summed E-state index contributed by atoms with van der Waals surface area (Å²) >= 11 is 0. The fraction of sp³-hybridized carbons (Fsp3) is 0.500. The van der Waals surface area contributed by atoms with Crippen LogP contribution in [0.1, 0.15) is 13.8 Å². The summed E-state index contributed by atoms with van der Waals surface area (Å²) in [6, 6.07) is 1.59. The second-order valence-electron chi connectivity index (χ2n) is 5.01. The van der Waals surface area contributed by atoms with E-state index in [1.54, 1.807) is 27.0 Å². The van der Waals surface area contributed by atoms with Crippen molar-refractivity contribution in [1.29, 1.82) is 0 Å². The lowest BCUT2D eigenvalue weighted by Crippen LogP contribution is -2.63. The number of carbonyl (C=O) groups excluding carboxylic acids is 1. The van der Waals surface area contributed by atoms with Crippen LogP contribution in [0.2, 0.25) is 0 Å². The van der Waals surface area contributed by atoms with Crippen LogP contribution in [0.15, 0.2) is 23.4 Å². The van der Waals surface area contributed by atoms with E-state index in [0.29, 0.717) is 12.2 Å². The van der Waals surface area contributed by atoms with E-state index in [0.717, 1.165) is 0 Å². The first-order chi connectivity index (χ1) is 9.31. The van der Waals surface area contributed by atoms with E-state index in [2.05, 4.69) is 15.6 Å². The number of hydrogen-bond acceptors (Lipinski definition) is 5. The Kier molecular flexibility index (Phi) is 3.70. The highest BCUT2D eigenvalue weighted by Gasteiger charge is 2.45. The van der Waals surface area contributed by atoms with Gasteiger partial charge in [0.2, 0.25) is 15.9 Å². The minimum Gasteiger partial charge on any atom is -0.387 e. The Hall–Kier alpha value is -1.67. The van der Waals surface area contributed by atoms with Gasteiger partial charge in [-0.1, -0.05) is 0 Å². The van der Waals surface area contributed by atoms with E-state index in [1.807, 2.05) is 0 Å². The highest BCUT2D eigenvalue weighted by Crippen LogP contribution is 2.29. The summed E-state index contributed by atoms with van der Waals surface area (Å²) in [4.78, 5) is 15.9. The quantitative estimate of drug-likeness (QED) is 0.821. The number of carbonyl (C=O) groups is 1. The number of nitrogens with one attached hydrogen (secondary N) is 2. The van der Waals surface area contributed by atoms with Gasteiger partial charge in [0, 0.05) is 32.5 Å². The summed E-state index contributed by atoms with van der Waals surface area (Å²) < 4.78 is 26.8. The molecule has 1 aliphatic rings. The molecule has 1 aromatic heterocycles. The molecule has 0 spiro atoms. The third kappa shape index (κ3) is 2.25. The van der Waals surface area contributed by atoms with Crippen molar-refractivity contribution in [3.63, 3.8) is 0 Å². The molecule has 2 rings (SSSR count). The van der Waals surface area contributed by atoms with Gasteiger partial charge in [0.15, 0.2) is 0 Å². The molecule has 20 heavy (non-hydrogen) atoms. The van der Waals surface area contributed by atoms with Gasteiger partial charge in [0.25, 0.3) is 0 Å². The van der Waals surface area contributed by atoms with Gasteiger partial charge < -0.3 is 10.6 Å². The van der Waals surface area contributed by atoms with E-state index >= 15 is 0 Å². The fourth-order valence-corrected chi connectivity index (χ4v) is 4.11. The summed E-state index contributed by atoms with van der Waals surface area (Å²) in [5, 5.41) is 5.51. The number of aromatic nitrogens is 1. The van der Waals surface area contributed by atoms with Crippen LogP contribution in [0.3, 0.4) is 0 Å². The zero-order chi connectivity index (χ0) is 15.0. The van der Waals surface area contributed by atoms with Gasteiger partial charge in [-0.25, -0.2) is 8.42 Å². The molecule has 110 valence electrons. The maximum atomic E-state index is 12.8. The second kappa shape index (κ2) is 5.02. The van der Waals surface area contributed by atoms with Gasteiger partial charge >= 0.3 is 0 Å². The van der Waals surface area contributed by atoms with Crippen LogP contribution in [-0.4, -0.2) is 49.3 Å². The number of sulfonamides is 1. The largest absolute Gasteiger partial charge is 0.387 e. The molecule has 0 atom stereocenters. The first-order valence-electron chi connectivity index (χ1n) is 6.24. The van der Waals surface area contributed by atoms with Crippen LogP contribution < -0.4 is 10.6 Å². The SMILES string of the molecule is CNc1ccncc1S(=O)(=O)N1CCNC(=O)C1(C)C. The van der Waals surface area contributed by atoms with Crippen LogP contribution >= 0.6 is 0 Å². The molecule has 2 N–H and O–H groups in total. The molecule has 1 aromatic rings. The minimum absolute atomic E-state index is 0.0743. The van der Waals surface area contributed by atoms with Crippen LogP contribution in [0.5, 0.6) is 0 Å². The molecular formula is C12H18N4O3S. The smallest absolute Gasteiger partial charge is 0.247 e. The fourth-order valence-electron chi connectivity index (χ4n) is 2.21. The number of hydrogen-bond donors (Lipinski definition) is 2. The Bertz CT molecular complexity index is 627. The second-order valence-corrected chi connectivity index (χ2v) is 6.84. The summed E-state index contributed by atoms with van der Waals surface area (Å²) in [5.41, 5.74) is -0.667. The number of amides is 1. The third-order valence-electron chi connectivity index (χ3n) is 3.40. The van der Waals surface area contributed by atoms with Crippen molar-refractivity contribution >= 4 is 21.6 Å². The first-order valence-corrected chi connectivity index (χ1v) is 7.68. The van der Waals surface area contributed by atoms with Gasteiger partial charge in [0.1, 0.15) is 10.4 Å². The third-order valence-corrected chi connectivity index (χ3v) is 5.50. The Morgan fingerprint density at radius 1 is 1.45 bits per heavy atom.